The zero-order valence-corrected chi connectivity index (χ0v) is 20.6. The Morgan fingerprint density at radius 3 is 2.26 bits per heavy atom. The SMILES string of the molecule is CCCCCCCc1ccc(C(=O)Oc2ccc(-c3cnc(OC[C@@H](C)CC)cn3)cc2)cc1. The Morgan fingerprint density at radius 1 is 0.882 bits per heavy atom. The Hall–Kier alpha value is -3.21. The average Bonchev–Trinajstić information content (AvgIpc) is 2.88. The Balaban J connectivity index is 1.50. The maximum Gasteiger partial charge on any atom is 0.343 e. The van der Waals surface area contributed by atoms with Crippen LogP contribution in [0.25, 0.3) is 11.3 Å². The second kappa shape index (κ2) is 13.5. The van der Waals surface area contributed by atoms with Gasteiger partial charge in [-0.2, -0.15) is 0 Å². The summed E-state index contributed by atoms with van der Waals surface area (Å²) in [7, 11) is 0. The minimum atomic E-state index is -0.357. The van der Waals surface area contributed by atoms with Gasteiger partial charge in [0.1, 0.15) is 5.75 Å². The Bertz CT molecular complexity index is 999. The minimum Gasteiger partial charge on any atom is -0.476 e. The molecule has 0 amide bonds. The average molecular weight is 461 g/mol. The highest BCUT2D eigenvalue weighted by molar-refractivity contribution is 5.91. The Labute approximate surface area is 203 Å². The lowest BCUT2D eigenvalue weighted by atomic mass is 10.0. The molecule has 1 aromatic heterocycles. The van der Waals surface area contributed by atoms with E-state index in [1.165, 1.54) is 37.7 Å². The Morgan fingerprint density at radius 2 is 1.62 bits per heavy atom. The van der Waals surface area contributed by atoms with Crippen LogP contribution in [0.5, 0.6) is 11.6 Å². The number of carbonyl (C=O) groups excluding carboxylic acids is 1. The molecule has 1 atom stereocenters. The number of hydrogen-bond acceptors (Lipinski definition) is 5. The number of ether oxygens (including phenoxy) is 2. The zero-order valence-electron chi connectivity index (χ0n) is 20.6. The van der Waals surface area contributed by atoms with Crippen LogP contribution in [0.2, 0.25) is 0 Å². The van der Waals surface area contributed by atoms with Gasteiger partial charge in [0.25, 0.3) is 0 Å². The fourth-order valence-electron chi connectivity index (χ4n) is 3.49. The number of rotatable bonds is 13. The highest BCUT2D eigenvalue weighted by Gasteiger charge is 2.10. The van der Waals surface area contributed by atoms with E-state index in [9.17, 15) is 4.79 Å². The van der Waals surface area contributed by atoms with Gasteiger partial charge in [-0.3, -0.25) is 0 Å². The van der Waals surface area contributed by atoms with Crippen LogP contribution in [0.1, 0.15) is 75.2 Å². The molecule has 2 aromatic carbocycles. The smallest absolute Gasteiger partial charge is 0.343 e. The van der Waals surface area contributed by atoms with Gasteiger partial charge in [0.15, 0.2) is 0 Å². The monoisotopic (exact) mass is 460 g/mol. The molecule has 3 rings (SSSR count). The molecule has 0 aliphatic heterocycles. The van der Waals surface area contributed by atoms with Crippen molar-refractivity contribution in [3.8, 4) is 22.9 Å². The van der Waals surface area contributed by atoms with Crippen LogP contribution in [-0.2, 0) is 6.42 Å². The quantitative estimate of drug-likeness (QED) is 0.152. The second-order valence-corrected chi connectivity index (χ2v) is 8.84. The van der Waals surface area contributed by atoms with E-state index in [1.807, 2.05) is 36.4 Å². The van der Waals surface area contributed by atoms with Crippen LogP contribution in [0, 0.1) is 5.92 Å². The number of aromatic nitrogens is 2. The molecule has 0 radical (unpaired) electrons. The van der Waals surface area contributed by atoms with Gasteiger partial charge in [0.05, 0.1) is 30.3 Å². The van der Waals surface area contributed by atoms with Crippen molar-refractivity contribution in [1.82, 2.24) is 9.97 Å². The summed E-state index contributed by atoms with van der Waals surface area (Å²) >= 11 is 0. The molecular weight excluding hydrogens is 424 g/mol. The van der Waals surface area contributed by atoms with E-state index < -0.39 is 0 Å². The van der Waals surface area contributed by atoms with Gasteiger partial charge in [0, 0.05) is 5.56 Å². The third-order valence-corrected chi connectivity index (χ3v) is 5.96. The first-order chi connectivity index (χ1) is 16.6. The van der Waals surface area contributed by atoms with Gasteiger partial charge >= 0.3 is 5.97 Å². The standard InChI is InChI=1S/C29H36N2O3/c1-4-6-7-8-9-10-23-11-13-25(14-12-23)29(32)34-26-17-15-24(16-18-26)27-19-31-28(20-30-27)33-21-22(3)5-2/h11-20,22H,4-10,21H2,1-3H3/t22-/m0/s1. The fraction of sp³-hybridized carbons (Fsp3) is 0.414. The second-order valence-electron chi connectivity index (χ2n) is 8.84. The molecule has 0 N–H and O–H groups in total. The van der Waals surface area contributed by atoms with E-state index in [4.69, 9.17) is 9.47 Å². The molecule has 180 valence electrons. The van der Waals surface area contributed by atoms with E-state index in [0.717, 1.165) is 24.1 Å². The van der Waals surface area contributed by atoms with E-state index in [0.29, 0.717) is 29.7 Å². The first-order valence-electron chi connectivity index (χ1n) is 12.5. The van der Waals surface area contributed by atoms with Crippen molar-refractivity contribution in [1.29, 1.82) is 0 Å². The molecule has 0 aliphatic rings. The van der Waals surface area contributed by atoms with Crippen LogP contribution >= 0.6 is 0 Å². The molecule has 1 heterocycles. The molecule has 5 heteroatoms. The molecule has 0 saturated heterocycles. The van der Waals surface area contributed by atoms with Crippen molar-refractivity contribution in [3.63, 3.8) is 0 Å². The maximum absolute atomic E-state index is 12.5. The molecule has 0 spiro atoms. The fourth-order valence-corrected chi connectivity index (χ4v) is 3.49. The van der Waals surface area contributed by atoms with Gasteiger partial charge in [-0.05, 0) is 60.7 Å². The summed E-state index contributed by atoms with van der Waals surface area (Å²) in [6.45, 7) is 7.13. The lowest BCUT2D eigenvalue weighted by Gasteiger charge is -2.10. The predicted octanol–water partition coefficient (Wildman–Crippen LogP) is 7.30. The number of esters is 1. The molecule has 34 heavy (non-hydrogen) atoms. The largest absolute Gasteiger partial charge is 0.476 e. The summed E-state index contributed by atoms with van der Waals surface area (Å²) in [6, 6.07) is 15.0. The highest BCUT2D eigenvalue weighted by Crippen LogP contribution is 2.22. The van der Waals surface area contributed by atoms with Gasteiger partial charge < -0.3 is 9.47 Å². The molecular formula is C29H36N2O3. The minimum absolute atomic E-state index is 0.357. The van der Waals surface area contributed by atoms with Crippen LogP contribution in [0.4, 0.5) is 0 Å². The van der Waals surface area contributed by atoms with Crippen LogP contribution in [0.3, 0.4) is 0 Å². The third kappa shape index (κ3) is 7.98. The summed E-state index contributed by atoms with van der Waals surface area (Å²) in [5.74, 6) is 1.15. The van der Waals surface area contributed by atoms with Gasteiger partial charge in [-0.1, -0.05) is 65.0 Å². The molecule has 0 unspecified atom stereocenters. The van der Waals surface area contributed by atoms with E-state index in [-0.39, 0.29) is 5.97 Å². The Kier molecular flexibility index (Phi) is 10.1. The van der Waals surface area contributed by atoms with Crippen molar-refractivity contribution >= 4 is 5.97 Å². The lowest BCUT2D eigenvalue weighted by Crippen LogP contribution is -2.08. The van der Waals surface area contributed by atoms with E-state index >= 15 is 0 Å². The number of nitrogens with zero attached hydrogens (tertiary/aromatic N) is 2. The summed E-state index contributed by atoms with van der Waals surface area (Å²) < 4.78 is 11.2. The van der Waals surface area contributed by atoms with E-state index in [2.05, 4.69) is 30.7 Å². The van der Waals surface area contributed by atoms with Gasteiger partial charge in [0.2, 0.25) is 5.88 Å². The van der Waals surface area contributed by atoms with Gasteiger partial charge in [-0.15, -0.1) is 0 Å². The number of aryl methyl sites for hydroxylation is 1. The molecule has 3 aromatic rings. The first-order valence-corrected chi connectivity index (χ1v) is 12.5. The molecule has 0 saturated carbocycles. The molecule has 0 fully saturated rings. The first kappa shape index (κ1) is 25.4. The van der Waals surface area contributed by atoms with Crippen molar-refractivity contribution < 1.29 is 14.3 Å². The number of hydrogen-bond donors (Lipinski definition) is 0. The summed E-state index contributed by atoms with van der Waals surface area (Å²) in [6.07, 6.45) is 11.8. The van der Waals surface area contributed by atoms with Gasteiger partial charge in [-0.25, -0.2) is 14.8 Å². The topological polar surface area (TPSA) is 61.3 Å². The van der Waals surface area contributed by atoms with Crippen molar-refractivity contribution in [2.75, 3.05) is 6.61 Å². The number of benzene rings is 2. The van der Waals surface area contributed by atoms with Crippen molar-refractivity contribution in [2.24, 2.45) is 5.92 Å². The van der Waals surface area contributed by atoms with Crippen molar-refractivity contribution in [3.05, 3.63) is 72.1 Å². The third-order valence-electron chi connectivity index (χ3n) is 5.96. The van der Waals surface area contributed by atoms with Crippen LogP contribution in [-0.4, -0.2) is 22.5 Å². The van der Waals surface area contributed by atoms with E-state index in [1.54, 1.807) is 24.5 Å². The van der Waals surface area contributed by atoms with Crippen LogP contribution < -0.4 is 9.47 Å². The lowest BCUT2D eigenvalue weighted by molar-refractivity contribution is 0.0735. The molecule has 5 nitrogen and oxygen atoms in total. The highest BCUT2D eigenvalue weighted by atomic mass is 16.5. The summed E-state index contributed by atoms with van der Waals surface area (Å²) in [5.41, 5.74) is 3.44. The molecule has 0 aliphatic carbocycles. The maximum atomic E-state index is 12.5. The predicted molar refractivity (Wildman–Crippen MR) is 136 cm³/mol. The summed E-state index contributed by atoms with van der Waals surface area (Å²) in [5, 5.41) is 0. The number of unbranched alkanes of at least 4 members (excludes halogenated alkanes) is 4. The van der Waals surface area contributed by atoms with Crippen LogP contribution in [0.15, 0.2) is 60.9 Å². The zero-order chi connectivity index (χ0) is 24.2. The normalized spacial score (nSPS) is 11.7. The molecule has 0 bridgehead atoms. The summed E-state index contributed by atoms with van der Waals surface area (Å²) in [4.78, 5) is 21.3. The van der Waals surface area contributed by atoms with Crippen molar-refractivity contribution in [2.45, 2.75) is 65.7 Å². The number of carbonyl (C=O) groups is 1.